The van der Waals surface area contributed by atoms with Gasteiger partial charge in [0.1, 0.15) is 5.75 Å². The molecule has 112 valence electrons. The first kappa shape index (κ1) is 13.9. The van der Waals surface area contributed by atoms with Crippen LogP contribution in [0.25, 0.3) is 0 Å². The van der Waals surface area contributed by atoms with E-state index in [1.54, 1.807) is 12.1 Å². The number of carbonyl (C=O) groups is 2. The summed E-state index contributed by atoms with van der Waals surface area (Å²) >= 11 is 0. The van der Waals surface area contributed by atoms with Crippen molar-refractivity contribution in [2.24, 2.45) is 0 Å². The Morgan fingerprint density at radius 1 is 1.38 bits per heavy atom. The van der Waals surface area contributed by atoms with Gasteiger partial charge in [-0.15, -0.1) is 0 Å². The minimum Gasteiger partial charge on any atom is -0.478 e. The number of benzene rings is 1. The highest BCUT2D eigenvalue weighted by molar-refractivity contribution is 5.99. The molecule has 2 aliphatic rings. The van der Waals surface area contributed by atoms with Gasteiger partial charge in [0, 0.05) is 13.2 Å². The van der Waals surface area contributed by atoms with Gasteiger partial charge in [-0.2, -0.15) is 0 Å². The average molecular weight is 290 g/mol. The summed E-state index contributed by atoms with van der Waals surface area (Å²) in [5, 5.41) is 5.54. The maximum atomic E-state index is 11.9. The highest BCUT2D eigenvalue weighted by atomic mass is 16.5. The van der Waals surface area contributed by atoms with Crippen LogP contribution in [0.4, 0.5) is 5.69 Å². The Hall–Kier alpha value is -2.08. The Morgan fingerprint density at radius 2 is 2.24 bits per heavy atom. The van der Waals surface area contributed by atoms with Gasteiger partial charge in [-0.1, -0.05) is 12.1 Å². The van der Waals surface area contributed by atoms with Crippen molar-refractivity contribution in [3.63, 3.8) is 0 Å². The second-order valence-electron chi connectivity index (χ2n) is 5.24. The van der Waals surface area contributed by atoms with Crippen molar-refractivity contribution >= 4 is 17.5 Å². The Kier molecular flexibility index (Phi) is 4.06. The van der Waals surface area contributed by atoms with E-state index in [-0.39, 0.29) is 24.3 Å². The van der Waals surface area contributed by atoms with Crippen molar-refractivity contribution in [2.75, 3.05) is 18.5 Å². The molecule has 2 unspecified atom stereocenters. The number of hydrogen-bond donors (Lipinski definition) is 2. The molecule has 0 radical (unpaired) electrons. The van der Waals surface area contributed by atoms with Gasteiger partial charge in [0.25, 0.3) is 5.91 Å². The van der Waals surface area contributed by atoms with Crippen LogP contribution >= 0.6 is 0 Å². The summed E-state index contributed by atoms with van der Waals surface area (Å²) in [6, 6.07) is 7.18. The molecular formula is C15H18N2O4. The number of anilines is 1. The van der Waals surface area contributed by atoms with Gasteiger partial charge < -0.3 is 20.1 Å². The van der Waals surface area contributed by atoms with Gasteiger partial charge in [-0.05, 0) is 25.0 Å². The van der Waals surface area contributed by atoms with Crippen molar-refractivity contribution in [3.8, 4) is 5.75 Å². The minimum absolute atomic E-state index is 0.00683. The average Bonchev–Trinajstić information content (AvgIpc) is 2.99. The second kappa shape index (κ2) is 6.13. The van der Waals surface area contributed by atoms with Gasteiger partial charge in [-0.25, -0.2) is 0 Å². The van der Waals surface area contributed by atoms with Crippen LogP contribution in [-0.4, -0.2) is 37.2 Å². The normalized spacial score (nSPS) is 23.9. The molecule has 1 fully saturated rings. The number of rotatable bonds is 4. The maximum absolute atomic E-state index is 11.9. The third kappa shape index (κ3) is 3.33. The summed E-state index contributed by atoms with van der Waals surface area (Å²) in [6.45, 7) is 1.25. The fourth-order valence-corrected chi connectivity index (χ4v) is 2.50. The Balaban J connectivity index is 1.52. The molecule has 21 heavy (non-hydrogen) atoms. The van der Waals surface area contributed by atoms with Gasteiger partial charge in [0.05, 0.1) is 18.2 Å². The number of hydrogen-bond acceptors (Lipinski definition) is 4. The van der Waals surface area contributed by atoms with Crippen LogP contribution in [-0.2, 0) is 14.3 Å². The molecule has 1 aromatic carbocycles. The first-order valence-corrected chi connectivity index (χ1v) is 7.17. The van der Waals surface area contributed by atoms with Gasteiger partial charge in [0.2, 0.25) is 5.91 Å². The fraction of sp³-hybridized carbons (Fsp3) is 0.467. The zero-order valence-electron chi connectivity index (χ0n) is 11.6. The van der Waals surface area contributed by atoms with Crippen molar-refractivity contribution in [1.29, 1.82) is 0 Å². The first-order chi connectivity index (χ1) is 10.2. The third-order valence-corrected chi connectivity index (χ3v) is 3.63. The molecule has 2 aliphatic heterocycles. The molecule has 1 saturated heterocycles. The molecule has 0 spiro atoms. The lowest BCUT2D eigenvalue weighted by molar-refractivity contribution is -0.130. The van der Waals surface area contributed by atoms with E-state index in [0.29, 0.717) is 18.0 Å². The van der Waals surface area contributed by atoms with Crippen LogP contribution in [0.15, 0.2) is 24.3 Å². The monoisotopic (exact) mass is 290 g/mol. The molecule has 2 atom stereocenters. The van der Waals surface area contributed by atoms with Gasteiger partial charge in [-0.3, -0.25) is 9.59 Å². The molecule has 0 bridgehead atoms. The highest BCUT2D eigenvalue weighted by Crippen LogP contribution is 2.29. The minimum atomic E-state index is -0.788. The van der Waals surface area contributed by atoms with E-state index in [1.165, 1.54) is 0 Å². The fourth-order valence-electron chi connectivity index (χ4n) is 2.50. The topological polar surface area (TPSA) is 76.7 Å². The molecule has 0 aliphatic carbocycles. The van der Waals surface area contributed by atoms with Crippen molar-refractivity contribution in [1.82, 2.24) is 5.32 Å². The van der Waals surface area contributed by atoms with E-state index in [1.807, 2.05) is 12.1 Å². The van der Waals surface area contributed by atoms with Crippen LogP contribution in [0, 0.1) is 0 Å². The maximum Gasteiger partial charge on any atom is 0.266 e. The quantitative estimate of drug-likeness (QED) is 0.869. The van der Waals surface area contributed by atoms with E-state index in [4.69, 9.17) is 9.47 Å². The number of para-hydroxylation sites is 2. The Bertz CT molecular complexity index is 540. The van der Waals surface area contributed by atoms with Gasteiger partial charge in [0.15, 0.2) is 6.10 Å². The summed E-state index contributed by atoms with van der Waals surface area (Å²) in [5.74, 6) is 0.0972. The van der Waals surface area contributed by atoms with Crippen molar-refractivity contribution in [3.05, 3.63) is 24.3 Å². The number of amides is 2. The number of fused-ring (bicyclic) bond motifs is 1. The van der Waals surface area contributed by atoms with Crippen LogP contribution in [0.2, 0.25) is 0 Å². The van der Waals surface area contributed by atoms with Gasteiger partial charge >= 0.3 is 0 Å². The van der Waals surface area contributed by atoms with Crippen LogP contribution in [0.5, 0.6) is 5.75 Å². The highest BCUT2D eigenvalue weighted by Gasteiger charge is 2.29. The lowest BCUT2D eigenvalue weighted by Crippen LogP contribution is -2.42. The summed E-state index contributed by atoms with van der Waals surface area (Å²) in [4.78, 5) is 23.8. The lowest BCUT2D eigenvalue weighted by Gasteiger charge is -2.25. The predicted molar refractivity (Wildman–Crippen MR) is 76.1 cm³/mol. The molecule has 6 nitrogen and oxygen atoms in total. The summed E-state index contributed by atoms with van der Waals surface area (Å²) in [6.07, 6.45) is 1.31. The number of nitrogens with one attached hydrogen (secondary N) is 2. The van der Waals surface area contributed by atoms with E-state index in [9.17, 15) is 9.59 Å². The molecule has 2 amide bonds. The largest absolute Gasteiger partial charge is 0.478 e. The lowest BCUT2D eigenvalue weighted by atomic mass is 10.1. The van der Waals surface area contributed by atoms with E-state index in [2.05, 4.69) is 10.6 Å². The van der Waals surface area contributed by atoms with Crippen LogP contribution in [0.3, 0.4) is 0 Å². The van der Waals surface area contributed by atoms with Crippen LogP contribution < -0.4 is 15.4 Å². The predicted octanol–water partition coefficient (Wildman–Crippen LogP) is 1.07. The summed E-state index contributed by atoms with van der Waals surface area (Å²) in [5.41, 5.74) is 0.638. The van der Waals surface area contributed by atoms with Crippen molar-refractivity contribution in [2.45, 2.75) is 31.5 Å². The first-order valence-electron chi connectivity index (χ1n) is 7.17. The van der Waals surface area contributed by atoms with E-state index >= 15 is 0 Å². The summed E-state index contributed by atoms with van der Waals surface area (Å²) in [7, 11) is 0. The van der Waals surface area contributed by atoms with E-state index < -0.39 is 6.10 Å². The number of carbonyl (C=O) groups excluding carboxylic acids is 2. The number of ether oxygens (including phenoxy) is 2. The van der Waals surface area contributed by atoms with Crippen molar-refractivity contribution < 1.29 is 19.1 Å². The molecule has 2 N–H and O–H groups in total. The zero-order valence-corrected chi connectivity index (χ0v) is 11.6. The molecule has 3 rings (SSSR count). The molecule has 2 heterocycles. The van der Waals surface area contributed by atoms with E-state index in [0.717, 1.165) is 19.4 Å². The summed E-state index contributed by atoms with van der Waals surface area (Å²) < 4.78 is 11.0. The smallest absolute Gasteiger partial charge is 0.266 e. The molecule has 1 aromatic rings. The molecular weight excluding hydrogens is 272 g/mol. The Morgan fingerprint density at radius 3 is 3.05 bits per heavy atom. The Labute approximate surface area is 122 Å². The molecule has 0 saturated carbocycles. The third-order valence-electron chi connectivity index (χ3n) is 3.63. The standard InChI is InChI=1S/C15H18N2O4/c18-14(16-9-10-4-3-7-20-10)8-13-15(19)17-11-5-1-2-6-12(11)21-13/h1-2,5-6,10,13H,3-4,7-9H2,(H,16,18)(H,17,19). The zero-order chi connectivity index (χ0) is 14.7. The molecule has 6 heteroatoms. The second-order valence-corrected chi connectivity index (χ2v) is 5.24. The SMILES string of the molecule is O=C(CC1Oc2ccccc2NC1=O)NCC1CCCO1. The molecule has 0 aromatic heterocycles. The van der Waals surface area contributed by atoms with Crippen LogP contribution in [0.1, 0.15) is 19.3 Å².